The summed E-state index contributed by atoms with van der Waals surface area (Å²) < 4.78 is 6.26. The van der Waals surface area contributed by atoms with E-state index in [1.165, 1.54) is 16.7 Å². The number of halogens is 1. The van der Waals surface area contributed by atoms with E-state index in [4.69, 9.17) is 10.5 Å². The average Bonchev–Trinajstić information content (AvgIpc) is 2.91. The van der Waals surface area contributed by atoms with Crippen LogP contribution in [-0.4, -0.2) is 13.2 Å². The molecule has 2 aromatic carbocycles. The van der Waals surface area contributed by atoms with Crippen LogP contribution >= 0.6 is 15.9 Å². The van der Waals surface area contributed by atoms with Gasteiger partial charge in [-0.2, -0.15) is 0 Å². The van der Waals surface area contributed by atoms with Crippen LogP contribution in [0.25, 0.3) is 0 Å². The summed E-state index contributed by atoms with van der Waals surface area (Å²) in [5, 5.41) is 0. The molecule has 2 nitrogen and oxygen atoms in total. The van der Waals surface area contributed by atoms with E-state index in [1.54, 1.807) is 7.11 Å². The number of fused-ring (bicyclic) bond motifs is 1. The van der Waals surface area contributed by atoms with Gasteiger partial charge in [-0.05, 0) is 69.9 Å². The van der Waals surface area contributed by atoms with Crippen LogP contribution in [0.15, 0.2) is 46.9 Å². The van der Waals surface area contributed by atoms with E-state index < -0.39 is 0 Å². The largest absolute Gasteiger partial charge is 0.496 e. The first-order valence-corrected chi connectivity index (χ1v) is 8.11. The maximum absolute atomic E-state index is 6.46. The van der Waals surface area contributed by atoms with Gasteiger partial charge in [-0.25, -0.2) is 0 Å². The van der Waals surface area contributed by atoms with Gasteiger partial charge < -0.3 is 10.5 Å². The van der Waals surface area contributed by atoms with E-state index in [9.17, 15) is 0 Å². The van der Waals surface area contributed by atoms with E-state index in [-0.39, 0.29) is 6.04 Å². The molecule has 0 spiro atoms. The van der Waals surface area contributed by atoms with E-state index in [2.05, 4.69) is 52.3 Å². The highest BCUT2D eigenvalue weighted by Gasteiger charge is 2.26. The zero-order valence-electron chi connectivity index (χ0n) is 12.2. The smallest absolute Gasteiger partial charge is 0.133 e. The van der Waals surface area contributed by atoms with Crippen molar-refractivity contribution in [3.8, 4) is 5.75 Å². The minimum atomic E-state index is 0.192. The SMILES string of the molecule is COc1ccc(CC(N)C2Cc3ccccc3C2)cc1Br. The zero-order valence-corrected chi connectivity index (χ0v) is 13.8. The van der Waals surface area contributed by atoms with Gasteiger partial charge in [-0.15, -0.1) is 0 Å². The first kappa shape index (κ1) is 14.6. The van der Waals surface area contributed by atoms with Crippen molar-refractivity contribution in [1.29, 1.82) is 0 Å². The number of ether oxygens (including phenoxy) is 1. The van der Waals surface area contributed by atoms with Crippen LogP contribution < -0.4 is 10.5 Å². The van der Waals surface area contributed by atoms with Gasteiger partial charge in [-0.3, -0.25) is 0 Å². The number of hydrogen-bond acceptors (Lipinski definition) is 2. The number of nitrogens with two attached hydrogens (primary N) is 1. The summed E-state index contributed by atoms with van der Waals surface area (Å²) in [5.74, 6) is 1.41. The van der Waals surface area contributed by atoms with Gasteiger partial charge in [0.15, 0.2) is 0 Å². The highest BCUT2D eigenvalue weighted by Crippen LogP contribution is 2.30. The van der Waals surface area contributed by atoms with Crippen LogP contribution in [-0.2, 0) is 19.3 Å². The summed E-state index contributed by atoms with van der Waals surface area (Å²) in [5.41, 5.74) is 10.7. The molecule has 1 aliphatic carbocycles. The number of methoxy groups -OCH3 is 1. The molecule has 2 N–H and O–H groups in total. The fraction of sp³-hybridized carbons (Fsp3) is 0.333. The standard InChI is InChI=1S/C18H20BrNO/c1-21-18-7-6-12(8-16(18)19)9-17(20)15-10-13-4-2-3-5-14(13)11-15/h2-8,15,17H,9-11,20H2,1H3. The molecule has 3 rings (SSSR count). The Morgan fingerprint density at radius 1 is 1.19 bits per heavy atom. The van der Waals surface area contributed by atoms with Gasteiger partial charge >= 0.3 is 0 Å². The quantitative estimate of drug-likeness (QED) is 0.915. The monoisotopic (exact) mass is 345 g/mol. The molecule has 0 heterocycles. The van der Waals surface area contributed by atoms with Gasteiger partial charge in [-0.1, -0.05) is 30.3 Å². The molecule has 3 heteroatoms. The Labute approximate surface area is 134 Å². The van der Waals surface area contributed by atoms with Crippen LogP contribution in [0.1, 0.15) is 16.7 Å². The minimum Gasteiger partial charge on any atom is -0.496 e. The van der Waals surface area contributed by atoms with Crippen molar-refractivity contribution in [3.63, 3.8) is 0 Å². The fourth-order valence-corrected chi connectivity index (χ4v) is 3.76. The molecule has 0 aliphatic heterocycles. The summed E-state index contributed by atoms with van der Waals surface area (Å²) in [6, 6.07) is 15.1. The van der Waals surface area contributed by atoms with E-state index in [1.807, 2.05) is 6.07 Å². The topological polar surface area (TPSA) is 35.2 Å². The van der Waals surface area contributed by atoms with Crippen molar-refractivity contribution in [1.82, 2.24) is 0 Å². The summed E-state index contributed by atoms with van der Waals surface area (Å²) in [7, 11) is 1.68. The van der Waals surface area contributed by atoms with Gasteiger partial charge in [0.1, 0.15) is 5.75 Å². The number of benzene rings is 2. The van der Waals surface area contributed by atoms with Gasteiger partial charge in [0, 0.05) is 6.04 Å². The van der Waals surface area contributed by atoms with Gasteiger partial charge in [0.25, 0.3) is 0 Å². The second-order valence-electron chi connectivity index (χ2n) is 5.77. The molecule has 21 heavy (non-hydrogen) atoms. The molecule has 1 aliphatic rings. The third kappa shape index (κ3) is 3.14. The molecule has 0 bridgehead atoms. The first-order chi connectivity index (χ1) is 10.2. The molecule has 0 aromatic heterocycles. The lowest BCUT2D eigenvalue weighted by Gasteiger charge is -2.19. The van der Waals surface area contributed by atoms with Crippen LogP contribution in [0.4, 0.5) is 0 Å². The van der Waals surface area contributed by atoms with E-state index >= 15 is 0 Å². The Morgan fingerprint density at radius 3 is 2.43 bits per heavy atom. The lowest BCUT2D eigenvalue weighted by Crippen LogP contribution is -2.32. The summed E-state index contributed by atoms with van der Waals surface area (Å²) in [6.45, 7) is 0. The highest BCUT2D eigenvalue weighted by atomic mass is 79.9. The van der Waals surface area contributed by atoms with E-state index in [0.29, 0.717) is 5.92 Å². The Balaban J connectivity index is 1.68. The number of hydrogen-bond donors (Lipinski definition) is 1. The molecular weight excluding hydrogens is 326 g/mol. The summed E-state index contributed by atoms with van der Waals surface area (Å²) >= 11 is 3.54. The molecule has 0 saturated carbocycles. The Kier molecular flexibility index (Phi) is 4.32. The molecule has 110 valence electrons. The average molecular weight is 346 g/mol. The lowest BCUT2D eigenvalue weighted by atomic mass is 9.92. The first-order valence-electron chi connectivity index (χ1n) is 7.32. The normalized spacial score (nSPS) is 15.8. The molecule has 1 unspecified atom stereocenters. The zero-order chi connectivity index (χ0) is 14.8. The lowest BCUT2D eigenvalue weighted by molar-refractivity contribution is 0.411. The molecule has 0 amide bonds. The maximum Gasteiger partial charge on any atom is 0.133 e. The van der Waals surface area contributed by atoms with Crippen molar-refractivity contribution in [2.75, 3.05) is 7.11 Å². The van der Waals surface area contributed by atoms with Gasteiger partial charge in [0.2, 0.25) is 0 Å². The second kappa shape index (κ2) is 6.20. The predicted molar refractivity (Wildman–Crippen MR) is 89.7 cm³/mol. The molecule has 0 fully saturated rings. The fourth-order valence-electron chi connectivity index (χ4n) is 3.17. The molecule has 1 atom stereocenters. The van der Waals surface area contributed by atoms with Crippen LogP contribution in [0.5, 0.6) is 5.75 Å². The van der Waals surface area contributed by atoms with Crippen molar-refractivity contribution in [2.24, 2.45) is 11.7 Å². The Morgan fingerprint density at radius 2 is 1.86 bits per heavy atom. The van der Waals surface area contributed by atoms with Gasteiger partial charge in [0.05, 0.1) is 11.6 Å². The number of rotatable bonds is 4. The van der Waals surface area contributed by atoms with E-state index in [0.717, 1.165) is 29.5 Å². The maximum atomic E-state index is 6.46. The molecule has 0 saturated heterocycles. The minimum absolute atomic E-state index is 0.192. The summed E-state index contributed by atoms with van der Waals surface area (Å²) in [6.07, 6.45) is 3.12. The summed E-state index contributed by atoms with van der Waals surface area (Å²) in [4.78, 5) is 0. The molecule has 2 aromatic rings. The second-order valence-corrected chi connectivity index (χ2v) is 6.63. The molecule has 0 radical (unpaired) electrons. The van der Waals surface area contributed by atoms with Crippen LogP contribution in [0.3, 0.4) is 0 Å². The van der Waals surface area contributed by atoms with Crippen LogP contribution in [0.2, 0.25) is 0 Å². The van der Waals surface area contributed by atoms with Crippen molar-refractivity contribution < 1.29 is 4.74 Å². The highest BCUT2D eigenvalue weighted by molar-refractivity contribution is 9.10. The van der Waals surface area contributed by atoms with Crippen molar-refractivity contribution in [3.05, 3.63) is 63.6 Å². The predicted octanol–water partition coefficient (Wildman–Crippen LogP) is 3.74. The third-order valence-corrected chi connectivity index (χ3v) is 5.00. The Hall–Kier alpha value is -1.32. The van der Waals surface area contributed by atoms with Crippen LogP contribution in [0, 0.1) is 5.92 Å². The van der Waals surface area contributed by atoms with Crippen molar-refractivity contribution in [2.45, 2.75) is 25.3 Å². The Bertz CT molecular complexity index is 616. The third-order valence-electron chi connectivity index (χ3n) is 4.38. The molecular formula is C18H20BrNO. The van der Waals surface area contributed by atoms with Crippen molar-refractivity contribution >= 4 is 15.9 Å².